The lowest BCUT2D eigenvalue weighted by atomic mass is 9.85. The van der Waals surface area contributed by atoms with Crippen LogP contribution < -0.4 is 16.4 Å². The molecule has 5 N–H and O–H groups in total. The van der Waals surface area contributed by atoms with Gasteiger partial charge in [0.05, 0.1) is 18.3 Å². The third-order valence-electron chi connectivity index (χ3n) is 6.97. The van der Waals surface area contributed by atoms with Gasteiger partial charge >= 0.3 is 0 Å². The number of carbonyl (C=O) groups is 1. The van der Waals surface area contributed by atoms with Crippen molar-refractivity contribution in [2.24, 2.45) is 11.7 Å². The molecule has 9 nitrogen and oxygen atoms in total. The highest BCUT2D eigenvalue weighted by Gasteiger charge is 2.30. The summed E-state index contributed by atoms with van der Waals surface area (Å²) < 4.78 is 44.3. The molecule has 2 fully saturated rings. The Morgan fingerprint density at radius 1 is 1.06 bits per heavy atom. The minimum atomic E-state index is -1.36. The fourth-order valence-electron chi connectivity index (χ4n) is 5.04. The van der Waals surface area contributed by atoms with Crippen LogP contribution in [-0.4, -0.2) is 42.7 Å². The molecule has 5 rings (SSSR count). The van der Waals surface area contributed by atoms with Crippen LogP contribution in [0.3, 0.4) is 0 Å². The lowest BCUT2D eigenvalue weighted by molar-refractivity contribution is -0.122. The van der Waals surface area contributed by atoms with E-state index >= 15 is 0 Å². The van der Waals surface area contributed by atoms with Crippen molar-refractivity contribution in [3.8, 4) is 0 Å². The van der Waals surface area contributed by atoms with Crippen LogP contribution in [0.15, 0.2) is 18.3 Å². The number of carbonyl (C=O) groups excluding carboxylic acids is 1. The van der Waals surface area contributed by atoms with Crippen molar-refractivity contribution in [3.63, 3.8) is 0 Å². The lowest BCUT2D eigenvalue weighted by Crippen LogP contribution is -2.29. The second kappa shape index (κ2) is 9.33. The van der Waals surface area contributed by atoms with Crippen molar-refractivity contribution >= 4 is 34.7 Å². The van der Waals surface area contributed by atoms with Crippen LogP contribution in [0.4, 0.5) is 30.8 Å². The molecule has 0 bridgehead atoms. The number of primary amides is 1. The van der Waals surface area contributed by atoms with Gasteiger partial charge in [0.15, 0.2) is 17.3 Å². The average Bonchev–Trinajstić information content (AvgIpc) is 3.41. The summed E-state index contributed by atoms with van der Waals surface area (Å²) in [5.74, 6) is -3.74. The van der Waals surface area contributed by atoms with Gasteiger partial charge in [-0.15, -0.1) is 0 Å². The van der Waals surface area contributed by atoms with Crippen molar-refractivity contribution in [2.45, 2.75) is 63.1 Å². The molecule has 2 aliphatic rings. The molecule has 2 aromatic heterocycles. The normalized spacial score (nSPS) is 24.6. The van der Waals surface area contributed by atoms with Crippen LogP contribution in [0.2, 0.25) is 0 Å². The number of rotatable bonds is 6. The number of nitrogens with two attached hydrogens (primary N) is 1. The first-order valence-corrected chi connectivity index (χ1v) is 11.7. The zero-order valence-electron chi connectivity index (χ0n) is 18.8. The van der Waals surface area contributed by atoms with Crippen LogP contribution in [0.25, 0.3) is 11.2 Å². The predicted octanol–water partition coefficient (Wildman–Crippen LogP) is 3.53. The van der Waals surface area contributed by atoms with Crippen LogP contribution in [-0.2, 0) is 4.79 Å². The Balaban J connectivity index is 1.54. The van der Waals surface area contributed by atoms with Crippen molar-refractivity contribution < 1.29 is 23.1 Å². The number of amides is 1. The number of hydrogen-bond acceptors (Lipinski definition) is 7. The van der Waals surface area contributed by atoms with E-state index in [4.69, 9.17) is 5.73 Å². The zero-order chi connectivity index (χ0) is 24.7. The first-order valence-electron chi connectivity index (χ1n) is 11.7. The predicted molar refractivity (Wildman–Crippen MR) is 122 cm³/mol. The topological polar surface area (TPSA) is 131 Å². The van der Waals surface area contributed by atoms with E-state index in [9.17, 15) is 23.1 Å². The number of nitrogens with zero attached hydrogens (tertiary/aromatic N) is 4. The minimum absolute atomic E-state index is 0.0817. The summed E-state index contributed by atoms with van der Waals surface area (Å²) in [4.78, 5) is 25.0. The van der Waals surface area contributed by atoms with Gasteiger partial charge in [0.2, 0.25) is 17.8 Å². The Hall–Kier alpha value is -3.41. The fraction of sp³-hybridized carbons (Fsp3) is 0.478. The van der Waals surface area contributed by atoms with E-state index in [0.29, 0.717) is 55.3 Å². The summed E-state index contributed by atoms with van der Waals surface area (Å²) in [7, 11) is 0. The van der Waals surface area contributed by atoms with Crippen molar-refractivity contribution in [3.05, 3.63) is 35.8 Å². The zero-order valence-corrected chi connectivity index (χ0v) is 18.8. The van der Waals surface area contributed by atoms with Gasteiger partial charge in [0.1, 0.15) is 17.0 Å². The molecule has 2 aliphatic carbocycles. The summed E-state index contributed by atoms with van der Waals surface area (Å²) in [5, 5.41) is 15.9. The fourth-order valence-corrected chi connectivity index (χ4v) is 5.04. The van der Waals surface area contributed by atoms with Gasteiger partial charge in [0.25, 0.3) is 0 Å². The van der Waals surface area contributed by atoms with Crippen molar-refractivity contribution in [1.29, 1.82) is 0 Å². The van der Waals surface area contributed by atoms with Gasteiger partial charge in [0, 0.05) is 12.0 Å². The molecule has 0 aliphatic heterocycles. The summed E-state index contributed by atoms with van der Waals surface area (Å²) in [6, 6.07) is 1.17. The molecule has 35 heavy (non-hydrogen) atoms. The highest BCUT2D eigenvalue weighted by atomic mass is 19.2. The number of aliphatic hydroxyl groups excluding tert-OH is 1. The first kappa shape index (κ1) is 23.3. The van der Waals surface area contributed by atoms with Gasteiger partial charge < -0.3 is 21.5 Å². The molecule has 12 heteroatoms. The summed E-state index contributed by atoms with van der Waals surface area (Å²) in [5.41, 5.74) is 5.60. The highest BCUT2D eigenvalue weighted by Crippen LogP contribution is 2.37. The van der Waals surface area contributed by atoms with Crippen LogP contribution in [0, 0.1) is 23.4 Å². The Kier molecular flexibility index (Phi) is 6.22. The third-order valence-corrected chi connectivity index (χ3v) is 6.97. The molecule has 0 radical (unpaired) electrons. The van der Waals surface area contributed by atoms with Gasteiger partial charge in [-0.1, -0.05) is 0 Å². The van der Waals surface area contributed by atoms with E-state index in [1.54, 1.807) is 4.57 Å². The van der Waals surface area contributed by atoms with E-state index in [1.807, 2.05) is 0 Å². The van der Waals surface area contributed by atoms with Gasteiger partial charge in [-0.3, -0.25) is 9.36 Å². The molecule has 3 aromatic rings. The molecule has 1 amide bonds. The molecule has 2 saturated carbocycles. The van der Waals surface area contributed by atoms with E-state index < -0.39 is 29.2 Å². The number of anilines is 3. The third kappa shape index (κ3) is 4.49. The smallest absolute Gasteiger partial charge is 0.225 e. The van der Waals surface area contributed by atoms with Gasteiger partial charge in [-0.25, -0.2) is 23.1 Å². The molecule has 2 heterocycles. The number of fused-ring (bicyclic) bond motifs is 1. The molecule has 2 atom stereocenters. The molecular weight excluding hydrogens is 463 g/mol. The first-order chi connectivity index (χ1) is 16.8. The van der Waals surface area contributed by atoms with E-state index in [0.717, 1.165) is 18.9 Å². The number of imidazole rings is 1. The average molecular weight is 490 g/mol. The lowest BCUT2D eigenvalue weighted by Gasteiger charge is -2.29. The Morgan fingerprint density at radius 2 is 1.80 bits per heavy atom. The van der Waals surface area contributed by atoms with Crippen molar-refractivity contribution in [1.82, 2.24) is 19.5 Å². The Bertz CT molecular complexity index is 1260. The van der Waals surface area contributed by atoms with Crippen LogP contribution in [0.1, 0.15) is 51.0 Å². The second-order valence-corrected chi connectivity index (χ2v) is 9.21. The molecule has 1 aromatic carbocycles. The standard InChI is InChI=1S/C23H26F3N7O2/c24-13-8-9-14(25)19(18(13)26)31-23-30-16-10-28-22(29-15-2-1-3-17(15)34)32-21(16)33(23)12-6-4-11(5-7-12)20(27)35/h8-12,15,17,34H,1-7H2,(H2,27,35)(H,30,31)(H,28,29,32)/t11?,12?,15-,17-/m1/s1. The monoisotopic (exact) mass is 489 g/mol. The highest BCUT2D eigenvalue weighted by molar-refractivity contribution is 5.78. The second-order valence-electron chi connectivity index (χ2n) is 9.21. The van der Waals surface area contributed by atoms with Gasteiger partial charge in [-0.05, 0) is 57.1 Å². The van der Waals surface area contributed by atoms with E-state index in [-0.39, 0.29) is 29.9 Å². The molecule has 186 valence electrons. The largest absolute Gasteiger partial charge is 0.391 e. The maximum absolute atomic E-state index is 14.4. The Morgan fingerprint density at radius 3 is 2.49 bits per heavy atom. The minimum Gasteiger partial charge on any atom is -0.391 e. The van der Waals surface area contributed by atoms with E-state index in [1.165, 1.54) is 6.20 Å². The number of hydrogen-bond donors (Lipinski definition) is 4. The number of benzene rings is 1. The molecular formula is C23H26F3N7O2. The number of aliphatic hydroxyl groups is 1. The van der Waals surface area contributed by atoms with Crippen LogP contribution in [0.5, 0.6) is 0 Å². The summed E-state index contributed by atoms with van der Waals surface area (Å²) in [6.07, 6.45) is 5.58. The maximum atomic E-state index is 14.4. The Labute approximate surface area is 199 Å². The van der Waals surface area contributed by atoms with Gasteiger partial charge in [-0.2, -0.15) is 4.98 Å². The number of halogens is 3. The van der Waals surface area contributed by atoms with Crippen LogP contribution >= 0.6 is 0 Å². The number of nitrogens with one attached hydrogen (secondary N) is 2. The summed E-state index contributed by atoms with van der Waals surface area (Å²) in [6.45, 7) is 0. The maximum Gasteiger partial charge on any atom is 0.225 e. The molecule has 0 unspecified atom stereocenters. The van der Waals surface area contributed by atoms with E-state index in [2.05, 4.69) is 25.6 Å². The number of aromatic nitrogens is 4. The SMILES string of the molecule is NC(=O)C1CCC(n2c(Nc3c(F)ccc(F)c3F)nc3cnc(N[C@@H]4CCC[C@H]4O)nc32)CC1. The quantitative estimate of drug-likeness (QED) is 0.390. The molecule has 0 spiro atoms. The molecule has 0 saturated heterocycles. The summed E-state index contributed by atoms with van der Waals surface area (Å²) >= 11 is 0. The van der Waals surface area contributed by atoms with Crippen molar-refractivity contribution in [2.75, 3.05) is 10.6 Å².